The topological polar surface area (TPSA) is 452 Å². The number of ether oxygens (including phenoxy) is 2. The molecule has 0 spiro atoms. The number of aliphatic carboxylic acids is 1. The molecule has 2 heterocycles. The van der Waals surface area contributed by atoms with Crippen LogP contribution in [-0.4, -0.2) is 170 Å². The summed E-state index contributed by atoms with van der Waals surface area (Å²) in [5, 5.41) is 37.1. The molecule has 17 N–H and O–H groups in total. The number of carboxylic acids is 1. The number of aromatic nitrogens is 4. The molecule has 0 radical (unpaired) electrons. The fourth-order valence-corrected chi connectivity index (χ4v) is 14.4. The number of benzene rings is 1. The first-order chi connectivity index (χ1) is 54.7. The number of aliphatic hydroxyl groups is 1. The van der Waals surface area contributed by atoms with Gasteiger partial charge in [-0.1, -0.05) is 245 Å². The van der Waals surface area contributed by atoms with Crippen LogP contribution in [0.4, 0.5) is 11.8 Å². The average molecular weight is 1610 g/mol. The first-order valence-corrected chi connectivity index (χ1v) is 44.5. The van der Waals surface area contributed by atoms with E-state index in [1.165, 1.54) is 132 Å². The van der Waals surface area contributed by atoms with Gasteiger partial charge in [-0.25, -0.2) is 9.59 Å². The van der Waals surface area contributed by atoms with Gasteiger partial charge in [0, 0.05) is 42.9 Å². The highest BCUT2D eigenvalue weighted by atomic mass is 32.2. The number of esters is 2. The number of hydrogen-bond donors (Lipinski definition) is 13. The molecule has 5 unspecified atom stereocenters. The summed E-state index contributed by atoms with van der Waals surface area (Å²) in [5.41, 5.74) is 25.5. The molecule has 2 aromatic heterocycles. The Morgan fingerprint density at radius 2 is 0.903 bits per heavy atom. The van der Waals surface area contributed by atoms with Gasteiger partial charge >= 0.3 is 23.6 Å². The van der Waals surface area contributed by atoms with Crippen molar-refractivity contribution in [3.63, 3.8) is 0 Å². The number of aromatic amines is 1. The summed E-state index contributed by atoms with van der Waals surface area (Å²) in [5.74, 6) is -5.70. The van der Waals surface area contributed by atoms with Gasteiger partial charge in [-0.05, 0) is 95.7 Å². The number of carbonyl (C=O) groups is 9. The van der Waals surface area contributed by atoms with Crippen LogP contribution in [0.25, 0.3) is 11.2 Å². The molecule has 5 amide bonds. The quantitative estimate of drug-likeness (QED) is 0.0142. The van der Waals surface area contributed by atoms with Crippen LogP contribution in [0.3, 0.4) is 0 Å². The van der Waals surface area contributed by atoms with E-state index in [0.717, 1.165) is 63.4 Å². The number of nitrogens with one attached hydrogen (secondary N) is 7. The van der Waals surface area contributed by atoms with E-state index in [-0.39, 0.29) is 93.7 Å². The van der Waals surface area contributed by atoms with Crippen molar-refractivity contribution in [2.45, 2.75) is 366 Å². The number of amides is 5. The standard InChI is InChI=1S/C84H146N14O14S/c1-5-9-13-15-17-19-21-23-25-27-29-31-37-48-72(101)111-59-64(112-73(102)49-38-32-30-28-26-24-22-20-18-16-14-10-6-2)60-113-61-65(87)77(103)94-70(58-99)81(107)92-68(45-39-41-54-85)79(105)91-67(78(104)90-66(43-34-11-7-3)80(106)93-69(82(108)109)46-40-42-55-86)44-35-33-36-47-71(100)63-52-50-62(51-53-63)57-98-76-74(95-84(98)110)75(88)96-83(97-76)89-56-12-8-4/h50-53,64-70,99H,5-49,54-61,85-87H2,1-4H3,(H,90,104)(H,91,105)(H,92,107)(H,93,106)(H,94,103)(H,95,110)(H,108,109)(H3,88,89,96,97)/t64?,65?,66-,67?,68-,69?,70?/m0/s1. The lowest BCUT2D eigenvalue weighted by atomic mass is 10.0. The molecular weight excluding hydrogens is 1460 g/mol. The maximum absolute atomic E-state index is 14.6. The molecule has 0 aliphatic rings. The van der Waals surface area contributed by atoms with Crippen LogP contribution in [0, 0.1) is 0 Å². The molecule has 3 aromatic rings. The Morgan fingerprint density at radius 3 is 1.38 bits per heavy atom. The molecule has 28 nitrogen and oxygen atoms in total. The van der Waals surface area contributed by atoms with Gasteiger partial charge < -0.3 is 79.5 Å². The van der Waals surface area contributed by atoms with E-state index in [1.807, 2.05) is 6.92 Å². The molecule has 7 atom stereocenters. The lowest BCUT2D eigenvalue weighted by molar-refractivity contribution is -0.157. The van der Waals surface area contributed by atoms with Crippen molar-refractivity contribution in [1.82, 2.24) is 46.1 Å². The number of nitrogens with two attached hydrogens (primary N) is 4. The number of H-pyrrole nitrogens is 1. The Labute approximate surface area is 677 Å². The molecule has 0 bridgehead atoms. The molecule has 0 aliphatic heterocycles. The van der Waals surface area contributed by atoms with Gasteiger partial charge in [-0.2, -0.15) is 21.7 Å². The second-order valence-electron chi connectivity index (χ2n) is 30.5. The monoisotopic (exact) mass is 1610 g/mol. The highest BCUT2D eigenvalue weighted by molar-refractivity contribution is 7.99. The van der Waals surface area contributed by atoms with E-state index in [2.05, 4.69) is 67.6 Å². The van der Waals surface area contributed by atoms with E-state index in [0.29, 0.717) is 106 Å². The maximum atomic E-state index is 14.6. The van der Waals surface area contributed by atoms with Gasteiger partial charge in [0.1, 0.15) is 48.4 Å². The molecule has 113 heavy (non-hydrogen) atoms. The van der Waals surface area contributed by atoms with Crippen molar-refractivity contribution in [2.24, 2.45) is 17.2 Å². The van der Waals surface area contributed by atoms with Crippen LogP contribution < -0.4 is 60.5 Å². The number of carbonyl (C=O) groups excluding carboxylic acids is 8. The number of hydrogen-bond acceptors (Lipinski definition) is 21. The van der Waals surface area contributed by atoms with Crippen molar-refractivity contribution in [2.75, 3.05) is 55.4 Å². The minimum absolute atomic E-state index is 0.00271. The van der Waals surface area contributed by atoms with Crippen molar-refractivity contribution < 1.29 is 62.8 Å². The minimum atomic E-state index is -1.60. The van der Waals surface area contributed by atoms with Crippen LogP contribution in [0.15, 0.2) is 29.1 Å². The van der Waals surface area contributed by atoms with E-state index in [1.54, 1.807) is 24.3 Å². The third kappa shape index (κ3) is 44.5. The summed E-state index contributed by atoms with van der Waals surface area (Å²) >= 11 is 1.19. The molecule has 1 aromatic carbocycles. The van der Waals surface area contributed by atoms with Crippen LogP contribution >= 0.6 is 11.8 Å². The van der Waals surface area contributed by atoms with E-state index in [9.17, 15) is 58.2 Å². The zero-order chi connectivity index (χ0) is 82.6. The lowest BCUT2D eigenvalue weighted by Gasteiger charge is -2.27. The Morgan fingerprint density at radius 1 is 0.496 bits per heavy atom. The van der Waals surface area contributed by atoms with Crippen molar-refractivity contribution in [3.8, 4) is 0 Å². The first kappa shape index (κ1) is 100.0. The molecule has 0 fully saturated rings. The van der Waals surface area contributed by atoms with Crippen LogP contribution in [-0.2, 0) is 54.4 Å². The van der Waals surface area contributed by atoms with Gasteiger partial charge in [0.05, 0.1) is 19.2 Å². The molecule has 0 aliphatic carbocycles. The number of unbranched alkanes of at least 4 members (excludes halogenated alkanes) is 31. The number of aliphatic hydroxyl groups excluding tert-OH is 1. The third-order valence-corrected chi connectivity index (χ3v) is 21.6. The number of ketones is 1. The number of rotatable bonds is 72. The number of imidazole rings is 1. The van der Waals surface area contributed by atoms with Gasteiger partial charge in [0.25, 0.3) is 0 Å². The predicted octanol–water partition coefficient (Wildman–Crippen LogP) is 11.9. The number of carboxylic acid groups (broad SMARTS) is 1. The van der Waals surface area contributed by atoms with Crippen LogP contribution in [0.2, 0.25) is 0 Å². The normalized spacial score (nSPS) is 13.3. The number of nitrogens with zero attached hydrogens (tertiary/aromatic N) is 3. The van der Waals surface area contributed by atoms with E-state index >= 15 is 0 Å². The third-order valence-electron chi connectivity index (χ3n) is 20.4. The Hall–Kier alpha value is -7.21. The fraction of sp³-hybridized carbons (Fsp3) is 0.762. The van der Waals surface area contributed by atoms with Gasteiger partial charge in [0.15, 0.2) is 17.2 Å². The van der Waals surface area contributed by atoms with Gasteiger partial charge in [-0.3, -0.25) is 42.9 Å². The van der Waals surface area contributed by atoms with Gasteiger partial charge in [-0.15, -0.1) is 0 Å². The highest BCUT2D eigenvalue weighted by Gasteiger charge is 2.33. The second kappa shape index (κ2) is 63.1. The molecule has 29 heteroatoms. The molecule has 0 saturated heterocycles. The van der Waals surface area contributed by atoms with Crippen molar-refractivity contribution in [1.29, 1.82) is 0 Å². The second-order valence-corrected chi connectivity index (χ2v) is 31.5. The maximum Gasteiger partial charge on any atom is 0.328 e. The Balaban J connectivity index is 1.73. The zero-order valence-electron chi connectivity index (χ0n) is 69.2. The summed E-state index contributed by atoms with van der Waals surface area (Å²) in [6.45, 7) is 8.76. The van der Waals surface area contributed by atoms with Gasteiger partial charge in [0.2, 0.25) is 35.5 Å². The molecule has 3 rings (SSSR count). The van der Waals surface area contributed by atoms with Crippen molar-refractivity contribution in [3.05, 3.63) is 45.9 Å². The van der Waals surface area contributed by atoms with E-state index < -0.39 is 96.1 Å². The summed E-state index contributed by atoms with van der Waals surface area (Å²) in [4.78, 5) is 148. The summed E-state index contributed by atoms with van der Waals surface area (Å²) in [7, 11) is 0. The number of thioether (sulfide) groups is 1. The predicted molar refractivity (Wildman–Crippen MR) is 450 cm³/mol. The SMILES string of the molecule is CCCCCCCCCCCCCCCC(=O)OCC(CSCC(N)C(=O)NC(CO)C(=O)N[C@@H](CCCCN)C(=O)NC(CCCCCC(=O)c1ccc(Cn2c(=O)[nH]c3c(N)nc(NCCCC)nc32)cc1)C(=O)N[C@@H](CCCCC)C(=O)NC(CCCCN)C(=O)O)OC(=O)CCCCCCCCCCCCCCC. The molecule has 642 valence electrons. The van der Waals surface area contributed by atoms with Crippen molar-refractivity contribution >= 4 is 87.9 Å². The van der Waals surface area contributed by atoms with Crippen LogP contribution in [0.1, 0.15) is 333 Å². The minimum Gasteiger partial charge on any atom is -0.480 e. The first-order valence-electron chi connectivity index (χ1n) is 43.3. The highest BCUT2D eigenvalue weighted by Crippen LogP contribution is 2.22. The zero-order valence-corrected chi connectivity index (χ0v) is 70.0. The Bertz CT molecular complexity index is 3210. The Kier molecular flexibility index (Phi) is 55.8. The fourth-order valence-electron chi connectivity index (χ4n) is 13.4. The molecule has 0 saturated carbocycles. The smallest absolute Gasteiger partial charge is 0.328 e. The lowest BCUT2D eigenvalue weighted by Crippen LogP contribution is -2.59. The number of fused-ring (bicyclic) bond motifs is 1. The number of anilines is 2. The summed E-state index contributed by atoms with van der Waals surface area (Å²) < 4.78 is 13.0. The van der Waals surface area contributed by atoms with E-state index in [4.69, 9.17) is 32.4 Å². The summed E-state index contributed by atoms with van der Waals surface area (Å²) in [6, 6.07) is -1.11. The number of Topliss-reactive ketones (excluding diaryl/α,β-unsaturated/α-hetero) is 1. The summed E-state index contributed by atoms with van der Waals surface area (Å²) in [6.07, 6.45) is 37.0. The van der Waals surface area contributed by atoms with Crippen LogP contribution in [0.5, 0.6) is 0 Å². The molecular formula is C84H146N14O14S. The number of nitrogen functional groups attached to an aromatic ring is 1. The average Bonchev–Trinajstić information content (AvgIpc) is 1.64. The largest absolute Gasteiger partial charge is 0.480 e.